The number of rotatable bonds is 4. The van der Waals surface area contributed by atoms with Crippen molar-refractivity contribution >= 4 is 55.9 Å². The third kappa shape index (κ3) is 4.76. The van der Waals surface area contributed by atoms with Gasteiger partial charge in [-0.2, -0.15) is 8.80 Å². The molecule has 158 valence electrons. The fourth-order valence-corrected chi connectivity index (χ4v) is 4.03. The Morgan fingerprint density at radius 3 is 1.10 bits per heavy atom. The molecular weight excluding hydrogens is 412 g/mol. The van der Waals surface area contributed by atoms with Crippen molar-refractivity contribution in [3.8, 4) is 0 Å². The lowest BCUT2D eigenvalue weighted by Crippen LogP contribution is -2.19. The summed E-state index contributed by atoms with van der Waals surface area (Å²) in [4.78, 5) is 0. The summed E-state index contributed by atoms with van der Waals surface area (Å²) in [5.74, 6) is 0. The van der Waals surface area contributed by atoms with E-state index in [9.17, 15) is 8.42 Å². The molecule has 6 heteroatoms. The molecule has 0 amide bonds. The molecule has 0 heterocycles. The van der Waals surface area contributed by atoms with Crippen LogP contribution in [0.2, 0.25) is 0 Å². The maximum atomic E-state index is 12.5. The van der Waals surface area contributed by atoms with Crippen molar-refractivity contribution in [2.75, 3.05) is 0 Å². The topological polar surface area (TPSA) is 58.9 Å². The van der Waals surface area contributed by atoms with Gasteiger partial charge in [0.15, 0.2) is 0 Å². The Bertz CT molecular complexity index is 1050. The maximum Gasteiger partial charge on any atom is 0.144 e. The van der Waals surface area contributed by atoms with E-state index in [0.29, 0.717) is 0 Å². The molecule has 3 aromatic rings. The molecule has 0 aliphatic heterocycles. The molecule has 0 N–H and O–H groups in total. The lowest BCUT2D eigenvalue weighted by molar-refractivity contribution is 0.650. The third-order valence-electron chi connectivity index (χ3n) is 4.62. The molecule has 0 bridgehead atoms. The second-order valence-electron chi connectivity index (χ2n) is 9.11. The molecule has 4 nitrogen and oxygen atoms in total. The van der Waals surface area contributed by atoms with Gasteiger partial charge in [-0.25, -0.2) is 8.42 Å². The standard InChI is InChI=1S/C24H28N2O2S2/c1-23(2,3)29(27)25-15-21-17-11-7-9-13-19(17)22(16-26-30(28)24(4,5)6)20-14-10-8-12-18(20)21/h7-16H,1-6H3/b25-15+,26-16+. The second-order valence-corrected chi connectivity index (χ2v) is 13.0. The Balaban J connectivity index is 2.28. The summed E-state index contributed by atoms with van der Waals surface area (Å²) in [5, 5.41) is 3.98. The van der Waals surface area contributed by atoms with Crippen LogP contribution in [0.5, 0.6) is 0 Å². The van der Waals surface area contributed by atoms with Gasteiger partial charge >= 0.3 is 0 Å². The molecule has 0 spiro atoms. The highest BCUT2D eigenvalue weighted by molar-refractivity contribution is 7.85. The largest absolute Gasteiger partial charge is 0.234 e. The second kappa shape index (κ2) is 8.52. The highest BCUT2D eigenvalue weighted by atomic mass is 32.2. The summed E-state index contributed by atoms with van der Waals surface area (Å²) in [5.41, 5.74) is 1.85. The Hall–Kier alpha value is -2.18. The highest BCUT2D eigenvalue weighted by Gasteiger charge is 2.20. The number of fused-ring (bicyclic) bond motifs is 2. The lowest BCUT2D eigenvalue weighted by atomic mass is 9.92. The minimum absolute atomic E-state index is 0.425. The average molecular weight is 441 g/mol. The Labute approximate surface area is 183 Å². The van der Waals surface area contributed by atoms with Crippen LogP contribution in [0.1, 0.15) is 52.7 Å². The van der Waals surface area contributed by atoms with Crippen LogP contribution in [0.25, 0.3) is 21.5 Å². The first kappa shape index (κ1) is 22.5. The zero-order chi connectivity index (χ0) is 22.1. The van der Waals surface area contributed by atoms with Gasteiger partial charge in [0.2, 0.25) is 0 Å². The third-order valence-corrected chi connectivity index (χ3v) is 7.31. The van der Waals surface area contributed by atoms with E-state index in [1.807, 2.05) is 90.1 Å². The minimum Gasteiger partial charge on any atom is -0.234 e. The van der Waals surface area contributed by atoms with E-state index in [4.69, 9.17) is 0 Å². The van der Waals surface area contributed by atoms with Gasteiger partial charge in [0, 0.05) is 23.6 Å². The van der Waals surface area contributed by atoms with E-state index in [2.05, 4.69) is 8.80 Å². The highest BCUT2D eigenvalue weighted by Crippen LogP contribution is 2.31. The van der Waals surface area contributed by atoms with Crippen LogP contribution >= 0.6 is 0 Å². The van der Waals surface area contributed by atoms with Crippen LogP contribution in [0.15, 0.2) is 57.3 Å². The molecule has 0 saturated carbocycles. The van der Waals surface area contributed by atoms with Crippen molar-refractivity contribution in [3.63, 3.8) is 0 Å². The molecule has 0 aliphatic rings. The first-order valence-corrected chi connectivity index (χ1v) is 12.1. The molecule has 0 fully saturated rings. The van der Waals surface area contributed by atoms with E-state index in [1.54, 1.807) is 12.4 Å². The van der Waals surface area contributed by atoms with Crippen LogP contribution < -0.4 is 0 Å². The first-order valence-electron chi connectivity index (χ1n) is 9.86. The van der Waals surface area contributed by atoms with Crippen LogP contribution in [0.3, 0.4) is 0 Å². The summed E-state index contributed by atoms with van der Waals surface area (Å²) in [7, 11) is -2.69. The Morgan fingerprint density at radius 1 is 0.600 bits per heavy atom. The van der Waals surface area contributed by atoms with Crippen LogP contribution in [-0.2, 0) is 22.0 Å². The molecule has 2 unspecified atom stereocenters. The molecule has 0 aromatic heterocycles. The summed E-state index contributed by atoms with van der Waals surface area (Å²) >= 11 is 0. The SMILES string of the molecule is CC(C)(C)S(=O)/N=C/c1c2ccccc2c(/C=N/S(=O)C(C)(C)C)c2ccccc12. The first-order chi connectivity index (χ1) is 14.0. The fraction of sp³-hybridized carbons (Fsp3) is 0.333. The number of hydrogen-bond acceptors (Lipinski definition) is 2. The summed E-state index contributed by atoms with van der Waals surface area (Å²) in [6.45, 7) is 11.4. The van der Waals surface area contributed by atoms with E-state index in [-0.39, 0.29) is 0 Å². The Morgan fingerprint density at radius 2 is 0.867 bits per heavy atom. The van der Waals surface area contributed by atoms with Crippen LogP contribution in [-0.4, -0.2) is 30.3 Å². The molecule has 30 heavy (non-hydrogen) atoms. The molecule has 0 saturated heterocycles. The Kier molecular flexibility index (Phi) is 6.39. The van der Waals surface area contributed by atoms with Crippen LogP contribution in [0, 0.1) is 0 Å². The van der Waals surface area contributed by atoms with Gasteiger partial charge in [0.1, 0.15) is 22.0 Å². The summed E-state index contributed by atoms with van der Waals surface area (Å²) < 4.78 is 32.9. The van der Waals surface area contributed by atoms with E-state index >= 15 is 0 Å². The minimum atomic E-state index is -1.35. The van der Waals surface area contributed by atoms with Crippen molar-refractivity contribution in [2.45, 2.75) is 51.0 Å². The van der Waals surface area contributed by atoms with Gasteiger partial charge in [0.05, 0.1) is 9.49 Å². The van der Waals surface area contributed by atoms with Gasteiger partial charge in [-0.1, -0.05) is 48.5 Å². The number of benzene rings is 3. The monoisotopic (exact) mass is 440 g/mol. The van der Waals surface area contributed by atoms with Gasteiger partial charge in [-0.3, -0.25) is 0 Å². The molecule has 3 aromatic carbocycles. The van der Waals surface area contributed by atoms with Gasteiger partial charge in [0.25, 0.3) is 0 Å². The quantitative estimate of drug-likeness (QED) is 0.383. The zero-order valence-electron chi connectivity index (χ0n) is 18.3. The number of nitrogens with zero attached hydrogens (tertiary/aromatic N) is 2. The van der Waals surface area contributed by atoms with Crippen molar-refractivity contribution in [2.24, 2.45) is 8.80 Å². The normalized spacial score (nSPS) is 15.4. The average Bonchev–Trinajstić information content (AvgIpc) is 2.68. The van der Waals surface area contributed by atoms with E-state index in [0.717, 1.165) is 32.7 Å². The fourth-order valence-electron chi connectivity index (χ4n) is 2.99. The smallest absolute Gasteiger partial charge is 0.144 e. The van der Waals surface area contributed by atoms with E-state index in [1.165, 1.54) is 0 Å². The molecule has 0 radical (unpaired) electrons. The van der Waals surface area contributed by atoms with Crippen molar-refractivity contribution < 1.29 is 8.42 Å². The van der Waals surface area contributed by atoms with Gasteiger partial charge in [-0.05, 0) is 63.1 Å². The van der Waals surface area contributed by atoms with Gasteiger partial charge in [-0.15, -0.1) is 0 Å². The molecular formula is C24H28N2O2S2. The molecule has 3 rings (SSSR count). The zero-order valence-corrected chi connectivity index (χ0v) is 19.9. The molecule has 0 aliphatic carbocycles. The maximum absolute atomic E-state index is 12.5. The number of hydrogen-bond donors (Lipinski definition) is 0. The summed E-state index contributed by atoms with van der Waals surface area (Å²) in [6, 6.07) is 16.0. The summed E-state index contributed by atoms with van der Waals surface area (Å²) in [6.07, 6.45) is 3.44. The lowest BCUT2D eigenvalue weighted by Gasteiger charge is -2.15. The van der Waals surface area contributed by atoms with E-state index < -0.39 is 31.5 Å². The van der Waals surface area contributed by atoms with Crippen molar-refractivity contribution in [1.82, 2.24) is 0 Å². The molecule has 2 atom stereocenters. The predicted octanol–water partition coefficient (Wildman–Crippen LogP) is 5.76. The van der Waals surface area contributed by atoms with Crippen LogP contribution in [0.4, 0.5) is 0 Å². The van der Waals surface area contributed by atoms with Crippen molar-refractivity contribution in [3.05, 3.63) is 59.7 Å². The van der Waals surface area contributed by atoms with Gasteiger partial charge < -0.3 is 0 Å². The predicted molar refractivity (Wildman–Crippen MR) is 132 cm³/mol. The van der Waals surface area contributed by atoms with Crippen molar-refractivity contribution in [1.29, 1.82) is 0 Å².